The molecule has 0 spiro atoms. The van der Waals surface area contributed by atoms with Gasteiger partial charge < -0.3 is 9.30 Å². The molecule has 0 amide bonds. The maximum Gasteiger partial charge on any atom is 0.161 e. The van der Waals surface area contributed by atoms with E-state index in [2.05, 4.69) is 0 Å². The van der Waals surface area contributed by atoms with E-state index in [9.17, 15) is 9.18 Å². The molecular weight excluding hydrogens is 233 g/mol. The number of rotatable bonds is 5. The van der Waals surface area contributed by atoms with Gasteiger partial charge in [0.1, 0.15) is 5.82 Å². The molecule has 2 rings (SSSR count). The Morgan fingerprint density at radius 1 is 1.44 bits per heavy atom. The Balaban J connectivity index is 2.44. The van der Waals surface area contributed by atoms with Gasteiger partial charge in [-0.15, -0.1) is 0 Å². The molecule has 1 aromatic heterocycles. The van der Waals surface area contributed by atoms with Gasteiger partial charge in [0.2, 0.25) is 0 Å². The Bertz CT molecular complexity index is 574. The van der Waals surface area contributed by atoms with Gasteiger partial charge in [-0.1, -0.05) is 0 Å². The summed E-state index contributed by atoms with van der Waals surface area (Å²) in [4.78, 5) is 11.6. The number of fused-ring (bicyclic) bond motifs is 1. The Morgan fingerprint density at radius 2 is 2.22 bits per heavy atom. The molecule has 18 heavy (non-hydrogen) atoms. The standard InChI is InChI=1S/C14H16FNO2/c1-10(17)13-9-16(6-3-7-18-2)14-5-4-11(15)8-12(13)14/h4-5,8-9H,3,6-7H2,1-2H3. The number of hydrogen-bond acceptors (Lipinski definition) is 2. The molecule has 0 fully saturated rings. The number of methoxy groups -OCH3 is 1. The third-order valence-electron chi connectivity index (χ3n) is 2.97. The second-order valence-corrected chi connectivity index (χ2v) is 4.30. The first-order chi connectivity index (χ1) is 8.63. The summed E-state index contributed by atoms with van der Waals surface area (Å²) in [5.41, 5.74) is 1.46. The number of carbonyl (C=O) groups is 1. The van der Waals surface area contributed by atoms with Gasteiger partial charge in [0.25, 0.3) is 0 Å². The highest BCUT2D eigenvalue weighted by Gasteiger charge is 2.12. The van der Waals surface area contributed by atoms with Crippen molar-refractivity contribution >= 4 is 16.7 Å². The minimum Gasteiger partial charge on any atom is -0.385 e. The zero-order valence-corrected chi connectivity index (χ0v) is 10.6. The molecule has 0 unspecified atom stereocenters. The number of ketones is 1. The number of aryl methyl sites for hydroxylation is 1. The van der Waals surface area contributed by atoms with Gasteiger partial charge in [0.15, 0.2) is 5.78 Å². The number of Topliss-reactive ketones (excluding diaryl/α,β-unsaturated/α-hetero) is 1. The zero-order chi connectivity index (χ0) is 13.1. The van der Waals surface area contributed by atoms with E-state index < -0.39 is 0 Å². The van der Waals surface area contributed by atoms with Crippen LogP contribution in [0, 0.1) is 5.82 Å². The topological polar surface area (TPSA) is 31.2 Å². The molecule has 0 bridgehead atoms. The van der Waals surface area contributed by atoms with E-state index in [1.54, 1.807) is 19.4 Å². The molecule has 0 saturated carbocycles. The summed E-state index contributed by atoms with van der Waals surface area (Å²) >= 11 is 0. The number of benzene rings is 1. The Morgan fingerprint density at radius 3 is 2.89 bits per heavy atom. The first-order valence-corrected chi connectivity index (χ1v) is 5.91. The fraction of sp³-hybridized carbons (Fsp3) is 0.357. The number of halogens is 1. The van der Waals surface area contributed by atoms with Gasteiger partial charge in [-0.25, -0.2) is 4.39 Å². The van der Waals surface area contributed by atoms with Crippen molar-refractivity contribution in [1.29, 1.82) is 0 Å². The molecule has 2 aromatic rings. The van der Waals surface area contributed by atoms with E-state index >= 15 is 0 Å². The smallest absolute Gasteiger partial charge is 0.161 e. The summed E-state index contributed by atoms with van der Waals surface area (Å²) in [5.74, 6) is -0.365. The Labute approximate surface area is 105 Å². The van der Waals surface area contributed by atoms with Crippen molar-refractivity contribution in [2.24, 2.45) is 0 Å². The van der Waals surface area contributed by atoms with Gasteiger partial charge in [-0.05, 0) is 31.5 Å². The maximum atomic E-state index is 13.3. The van der Waals surface area contributed by atoms with Crippen LogP contribution in [-0.2, 0) is 11.3 Å². The van der Waals surface area contributed by atoms with Crippen LogP contribution in [0.3, 0.4) is 0 Å². The Kier molecular flexibility index (Phi) is 3.77. The van der Waals surface area contributed by atoms with Gasteiger partial charge in [0, 0.05) is 42.9 Å². The highest BCUT2D eigenvalue weighted by molar-refractivity contribution is 6.06. The normalized spacial score (nSPS) is 11.1. The average molecular weight is 249 g/mol. The number of carbonyl (C=O) groups excluding carboxylic acids is 1. The molecule has 0 atom stereocenters. The third kappa shape index (κ3) is 2.43. The van der Waals surface area contributed by atoms with Crippen molar-refractivity contribution in [2.75, 3.05) is 13.7 Å². The third-order valence-corrected chi connectivity index (χ3v) is 2.97. The quantitative estimate of drug-likeness (QED) is 0.602. The van der Waals surface area contributed by atoms with Gasteiger partial charge >= 0.3 is 0 Å². The predicted octanol–water partition coefficient (Wildman–Crippen LogP) is 3.02. The summed E-state index contributed by atoms with van der Waals surface area (Å²) < 4.78 is 20.2. The van der Waals surface area contributed by atoms with Crippen LogP contribution in [0.4, 0.5) is 4.39 Å². The lowest BCUT2D eigenvalue weighted by atomic mass is 10.1. The first kappa shape index (κ1) is 12.8. The van der Waals surface area contributed by atoms with E-state index in [1.165, 1.54) is 19.1 Å². The van der Waals surface area contributed by atoms with Crippen LogP contribution in [0.15, 0.2) is 24.4 Å². The summed E-state index contributed by atoms with van der Waals surface area (Å²) in [6, 6.07) is 4.54. The van der Waals surface area contributed by atoms with Gasteiger partial charge in [-0.3, -0.25) is 4.79 Å². The van der Waals surface area contributed by atoms with E-state index in [0.29, 0.717) is 17.6 Å². The lowest BCUT2D eigenvalue weighted by molar-refractivity contribution is 0.101. The summed E-state index contributed by atoms with van der Waals surface area (Å²) in [6.45, 7) is 2.92. The van der Waals surface area contributed by atoms with Crippen molar-refractivity contribution in [2.45, 2.75) is 19.9 Å². The molecule has 0 aliphatic carbocycles. The van der Waals surface area contributed by atoms with E-state index in [1.807, 2.05) is 4.57 Å². The molecule has 0 saturated heterocycles. The monoisotopic (exact) mass is 249 g/mol. The predicted molar refractivity (Wildman–Crippen MR) is 68.4 cm³/mol. The van der Waals surface area contributed by atoms with E-state index in [-0.39, 0.29) is 11.6 Å². The SMILES string of the molecule is COCCCn1cc(C(C)=O)c2cc(F)ccc21. The molecule has 1 aromatic carbocycles. The van der Waals surface area contributed by atoms with Crippen LogP contribution >= 0.6 is 0 Å². The summed E-state index contributed by atoms with van der Waals surface area (Å²) in [6.07, 6.45) is 2.65. The van der Waals surface area contributed by atoms with Gasteiger partial charge in [-0.2, -0.15) is 0 Å². The Hall–Kier alpha value is -1.68. The van der Waals surface area contributed by atoms with Crippen LogP contribution in [0.5, 0.6) is 0 Å². The van der Waals surface area contributed by atoms with Gasteiger partial charge in [0.05, 0.1) is 0 Å². The highest BCUT2D eigenvalue weighted by atomic mass is 19.1. The van der Waals surface area contributed by atoms with Crippen LogP contribution in [0.1, 0.15) is 23.7 Å². The number of ether oxygens (including phenoxy) is 1. The molecule has 96 valence electrons. The van der Waals surface area contributed by atoms with E-state index in [4.69, 9.17) is 4.74 Å². The second-order valence-electron chi connectivity index (χ2n) is 4.30. The summed E-state index contributed by atoms with van der Waals surface area (Å²) in [7, 11) is 1.66. The van der Waals surface area contributed by atoms with Crippen LogP contribution in [-0.4, -0.2) is 24.1 Å². The van der Waals surface area contributed by atoms with Crippen molar-refractivity contribution in [1.82, 2.24) is 4.57 Å². The minimum atomic E-state index is -0.320. The molecule has 0 N–H and O–H groups in total. The number of hydrogen-bond donors (Lipinski definition) is 0. The fourth-order valence-electron chi connectivity index (χ4n) is 2.11. The molecular formula is C14H16FNO2. The lowest BCUT2D eigenvalue weighted by Gasteiger charge is -2.04. The van der Waals surface area contributed by atoms with E-state index in [0.717, 1.165) is 18.5 Å². The van der Waals surface area contributed by atoms with Crippen LogP contribution in [0.25, 0.3) is 10.9 Å². The van der Waals surface area contributed by atoms with Crippen molar-refractivity contribution in [3.05, 3.63) is 35.8 Å². The maximum absolute atomic E-state index is 13.3. The molecule has 0 aliphatic rings. The minimum absolute atomic E-state index is 0.0453. The molecule has 1 heterocycles. The lowest BCUT2D eigenvalue weighted by Crippen LogP contribution is -2.00. The number of aromatic nitrogens is 1. The van der Waals surface area contributed by atoms with Crippen LogP contribution in [0.2, 0.25) is 0 Å². The highest BCUT2D eigenvalue weighted by Crippen LogP contribution is 2.23. The largest absolute Gasteiger partial charge is 0.385 e. The van der Waals surface area contributed by atoms with Crippen LogP contribution < -0.4 is 0 Å². The average Bonchev–Trinajstić information content (AvgIpc) is 2.68. The van der Waals surface area contributed by atoms with Crippen molar-refractivity contribution in [3.63, 3.8) is 0 Å². The molecule has 4 heteroatoms. The fourth-order valence-corrected chi connectivity index (χ4v) is 2.11. The van der Waals surface area contributed by atoms with Crippen molar-refractivity contribution in [3.8, 4) is 0 Å². The zero-order valence-electron chi connectivity index (χ0n) is 10.6. The second kappa shape index (κ2) is 5.31. The van der Waals surface area contributed by atoms with Crippen molar-refractivity contribution < 1.29 is 13.9 Å². The summed E-state index contributed by atoms with van der Waals surface area (Å²) in [5, 5.41) is 0.680. The molecule has 3 nitrogen and oxygen atoms in total. The molecule has 0 aliphatic heterocycles. The first-order valence-electron chi connectivity index (χ1n) is 5.91. The number of nitrogens with zero attached hydrogens (tertiary/aromatic N) is 1. The molecule has 0 radical (unpaired) electrons.